The summed E-state index contributed by atoms with van der Waals surface area (Å²) in [4.78, 5) is 31.0. The molecule has 0 radical (unpaired) electrons. The Morgan fingerprint density at radius 2 is 1.62 bits per heavy atom. The van der Waals surface area contributed by atoms with Gasteiger partial charge in [-0.1, -0.05) is 63.1 Å². The van der Waals surface area contributed by atoms with E-state index in [-0.39, 0.29) is 11.3 Å². The second-order valence-electron chi connectivity index (χ2n) is 8.28. The molecule has 0 saturated carbocycles. The lowest BCUT2D eigenvalue weighted by molar-refractivity contribution is -0.139. The van der Waals surface area contributed by atoms with Crippen LogP contribution in [0.25, 0.3) is 5.76 Å². The van der Waals surface area contributed by atoms with Crippen molar-refractivity contribution in [2.45, 2.75) is 52.0 Å². The molecule has 2 aromatic rings. The maximum atomic E-state index is 13.0. The number of ketones is 1. The maximum absolute atomic E-state index is 13.0. The average molecular weight is 455 g/mol. The van der Waals surface area contributed by atoms with Crippen molar-refractivity contribution in [1.29, 1.82) is 0 Å². The molecule has 32 heavy (non-hydrogen) atoms. The topological polar surface area (TPSA) is 60.9 Å². The summed E-state index contributed by atoms with van der Waals surface area (Å²) < 4.78 is 0. The van der Waals surface area contributed by atoms with Gasteiger partial charge in [-0.2, -0.15) is 0 Å². The molecule has 1 unspecified atom stereocenters. The number of rotatable bonds is 12. The van der Waals surface area contributed by atoms with Crippen LogP contribution in [-0.4, -0.2) is 52.8 Å². The third kappa shape index (κ3) is 5.67. The lowest BCUT2D eigenvalue weighted by Crippen LogP contribution is -2.34. The zero-order valence-corrected chi connectivity index (χ0v) is 19.9. The number of carbonyl (C=O) groups excluding carboxylic acids is 2. The van der Waals surface area contributed by atoms with Crippen LogP contribution < -0.4 is 0 Å². The minimum absolute atomic E-state index is 0.0997. The van der Waals surface area contributed by atoms with E-state index in [1.807, 2.05) is 35.7 Å². The largest absolute Gasteiger partial charge is 0.507 e. The van der Waals surface area contributed by atoms with E-state index in [2.05, 4.69) is 18.7 Å². The van der Waals surface area contributed by atoms with Crippen molar-refractivity contribution in [2.24, 2.45) is 0 Å². The summed E-state index contributed by atoms with van der Waals surface area (Å²) in [6.07, 6.45) is 5.46. The molecule has 1 N–H and O–H groups in total. The molecule has 6 heteroatoms. The van der Waals surface area contributed by atoms with Crippen LogP contribution in [0.15, 0.2) is 53.4 Å². The van der Waals surface area contributed by atoms with E-state index in [0.29, 0.717) is 12.1 Å². The molecular formula is C26H34N2O3S. The summed E-state index contributed by atoms with van der Waals surface area (Å²) >= 11 is 1.50. The van der Waals surface area contributed by atoms with E-state index in [9.17, 15) is 14.7 Å². The van der Waals surface area contributed by atoms with Crippen molar-refractivity contribution in [3.05, 3.63) is 63.9 Å². The minimum atomic E-state index is -0.599. The highest BCUT2D eigenvalue weighted by molar-refractivity contribution is 7.10. The average Bonchev–Trinajstić information content (AvgIpc) is 3.43. The Hall–Kier alpha value is -2.44. The van der Waals surface area contributed by atoms with E-state index in [0.717, 1.165) is 43.8 Å². The van der Waals surface area contributed by atoms with Crippen molar-refractivity contribution in [3.8, 4) is 0 Å². The number of thiophene rings is 1. The van der Waals surface area contributed by atoms with Crippen LogP contribution in [0.1, 0.15) is 62.4 Å². The van der Waals surface area contributed by atoms with Crippen molar-refractivity contribution in [2.75, 3.05) is 26.2 Å². The first kappa shape index (κ1) is 24.2. The van der Waals surface area contributed by atoms with E-state index >= 15 is 0 Å². The van der Waals surface area contributed by atoms with Crippen LogP contribution >= 0.6 is 11.3 Å². The third-order valence-electron chi connectivity index (χ3n) is 5.93. The smallest absolute Gasteiger partial charge is 0.295 e. The predicted octanol–water partition coefficient (Wildman–Crippen LogP) is 5.46. The van der Waals surface area contributed by atoms with E-state index < -0.39 is 17.7 Å². The van der Waals surface area contributed by atoms with Crippen molar-refractivity contribution in [1.82, 2.24) is 9.80 Å². The van der Waals surface area contributed by atoms with Crippen LogP contribution in [0.4, 0.5) is 0 Å². The zero-order valence-electron chi connectivity index (χ0n) is 19.1. The van der Waals surface area contributed by atoms with E-state index in [1.54, 1.807) is 17.0 Å². The Morgan fingerprint density at radius 1 is 0.969 bits per heavy atom. The number of aliphatic hydroxyl groups excluding tert-OH is 1. The van der Waals surface area contributed by atoms with E-state index in [1.165, 1.54) is 24.2 Å². The summed E-state index contributed by atoms with van der Waals surface area (Å²) in [6, 6.07) is 12.3. The molecule has 1 aliphatic rings. The highest BCUT2D eigenvalue weighted by atomic mass is 32.1. The second-order valence-corrected chi connectivity index (χ2v) is 9.26. The van der Waals surface area contributed by atoms with Gasteiger partial charge in [0, 0.05) is 17.0 Å². The van der Waals surface area contributed by atoms with Gasteiger partial charge >= 0.3 is 0 Å². The van der Waals surface area contributed by atoms with Crippen molar-refractivity contribution < 1.29 is 14.7 Å². The first-order chi connectivity index (χ1) is 15.6. The normalized spacial score (nSPS) is 18.1. The second kappa shape index (κ2) is 12.0. The molecule has 1 atom stereocenters. The lowest BCUT2D eigenvalue weighted by Gasteiger charge is -2.26. The quantitative estimate of drug-likeness (QED) is 0.263. The van der Waals surface area contributed by atoms with Crippen molar-refractivity contribution >= 4 is 28.8 Å². The standard InChI is InChI=1S/C26H34N2O3S/c1-3-5-15-27(16-6-4-2)17-11-18-28-23(21-14-10-19-32-21)22(25(30)26(28)31)24(29)20-12-8-7-9-13-20/h7-10,12-14,19,23,29H,3-6,11,15-18H2,1-2H3/b24-22+. The SMILES string of the molecule is CCCCN(CCCC)CCCN1C(=O)C(=O)/C(=C(/O)c2ccccc2)C1c1cccs1. The number of hydrogen-bond acceptors (Lipinski definition) is 5. The van der Waals surface area contributed by atoms with Gasteiger partial charge in [0.1, 0.15) is 5.76 Å². The van der Waals surface area contributed by atoms with Crippen molar-refractivity contribution in [3.63, 3.8) is 0 Å². The fourth-order valence-electron chi connectivity index (χ4n) is 4.17. The third-order valence-corrected chi connectivity index (χ3v) is 6.85. The predicted molar refractivity (Wildman–Crippen MR) is 131 cm³/mol. The van der Waals surface area contributed by atoms with Gasteiger partial charge in [-0.25, -0.2) is 0 Å². The Labute approximate surface area is 195 Å². The summed E-state index contributed by atoms with van der Waals surface area (Å²) in [5.41, 5.74) is 0.745. The molecule has 1 aromatic heterocycles. The van der Waals surface area contributed by atoms with Gasteiger partial charge in [0.25, 0.3) is 11.7 Å². The monoisotopic (exact) mass is 454 g/mol. The Bertz CT molecular complexity index is 900. The van der Waals surface area contributed by atoms with E-state index in [4.69, 9.17) is 0 Å². The highest BCUT2D eigenvalue weighted by Crippen LogP contribution is 2.41. The number of likely N-dealkylation sites (tertiary alicyclic amines) is 1. The molecule has 1 amide bonds. The van der Waals surface area contributed by atoms with Gasteiger partial charge < -0.3 is 14.9 Å². The molecule has 0 spiro atoms. The molecule has 1 fully saturated rings. The molecule has 0 aliphatic carbocycles. The van der Waals surface area contributed by atoms with Crippen LogP contribution in [0.3, 0.4) is 0 Å². The molecular weight excluding hydrogens is 420 g/mol. The first-order valence-electron chi connectivity index (χ1n) is 11.7. The number of nitrogens with zero attached hydrogens (tertiary/aromatic N) is 2. The summed E-state index contributed by atoms with van der Waals surface area (Å²) in [7, 11) is 0. The number of unbranched alkanes of at least 4 members (excludes halogenated alkanes) is 2. The fourth-order valence-corrected chi connectivity index (χ4v) is 5.01. The Kier molecular flexibility index (Phi) is 9.06. The number of benzene rings is 1. The molecule has 172 valence electrons. The molecule has 1 aromatic carbocycles. The van der Waals surface area contributed by atoms with Gasteiger partial charge in [0.15, 0.2) is 0 Å². The van der Waals surface area contributed by atoms with Gasteiger partial charge in [-0.05, 0) is 50.3 Å². The summed E-state index contributed by atoms with van der Waals surface area (Å²) in [6.45, 7) is 7.93. The van der Waals surface area contributed by atoms with Crippen LogP contribution in [0.2, 0.25) is 0 Å². The number of aliphatic hydroxyl groups is 1. The van der Waals surface area contributed by atoms with Crippen LogP contribution in [0, 0.1) is 0 Å². The number of Topliss-reactive ketones (excluding diaryl/α,β-unsaturated/α-hetero) is 1. The fraction of sp³-hybridized carbons (Fsp3) is 0.462. The van der Waals surface area contributed by atoms with Gasteiger partial charge in [0.05, 0.1) is 11.6 Å². The zero-order chi connectivity index (χ0) is 22.9. The number of carbonyl (C=O) groups is 2. The molecule has 0 bridgehead atoms. The number of hydrogen-bond donors (Lipinski definition) is 1. The molecule has 1 saturated heterocycles. The van der Waals surface area contributed by atoms with Gasteiger partial charge in [-0.15, -0.1) is 11.3 Å². The molecule has 5 nitrogen and oxygen atoms in total. The molecule has 1 aliphatic heterocycles. The maximum Gasteiger partial charge on any atom is 0.295 e. The first-order valence-corrected chi connectivity index (χ1v) is 12.6. The molecule has 3 rings (SSSR count). The van der Waals surface area contributed by atoms with Gasteiger partial charge in [-0.3, -0.25) is 9.59 Å². The van der Waals surface area contributed by atoms with Gasteiger partial charge in [0.2, 0.25) is 0 Å². The molecule has 2 heterocycles. The Morgan fingerprint density at radius 3 is 2.22 bits per heavy atom. The lowest BCUT2D eigenvalue weighted by atomic mass is 10.00. The highest BCUT2D eigenvalue weighted by Gasteiger charge is 2.46. The van der Waals surface area contributed by atoms with Crippen LogP contribution in [-0.2, 0) is 9.59 Å². The minimum Gasteiger partial charge on any atom is -0.507 e. The summed E-state index contributed by atoms with van der Waals surface area (Å²) in [5.74, 6) is -1.22. The number of amides is 1. The Balaban J connectivity index is 1.82. The van der Waals surface area contributed by atoms with Crippen LogP contribution in [0.5, 0.6) is 0 Å². The summed E-state index contributed by atoms with van der Waals surface area (Å²) in [5, 5.41) is 12.9.